The lowest BCUT2D eigenvalue weighted by Crippen LogP contribution is -2.15. The number of nitrogens with one attached hydrogen (secondary N) is 2. The van der Waals surface area contributed by atoms with Crippen molar-refractivity contribution in [2.45, 2.75) is 24.8 Å². The second-order valence-corrected chi connectivity index (χ2v) is 8.41. The van der Waals surface area contributed by atoms with E-state index in [1.807, 2.05) is 26.0 Å². The van der Waals surface area contributed by atoms with Gasteiger partial charge in [-0.15, -0.1) is 0 Å². The van der Waals surface area contributed by atoms with Crippen LogP contribution in [-0.2, 0) is 5.75 Å². The number of furan rings is 1. The summed E-state index contributed by atoms with van der Waals surface area (Å²) in [5.41, 5.74) is 2.37. The maximum atomic E-state index is 12.8. The highest BCUT2D eigenvalue weighted by Gasteiger charge is 2.19. The van der Waals surface area contributed by atoms with Crippen LogP contribution in [0, 0.1) is 25.2 Å². The third kappa shape index (κ3) is 3.80. The molecule has 10 nitrogen and oxygen atoms in total. The summed E-state index contributed by atoms with van der Waals surface area (Å²) in [5.74, 6) is 0.999. The Morgan fingerprint density at radius 2 is 2.03 bits per heavy atom. The standard InChI is InChI=1S/C23H17N7O3S/c1-12-13(2)33-22-18(12)19(27-21(32)14-6-4-3-5-7-14)28-23(29-22)34-11-16-8-17(31)30-20(26-16)15(9-24)10-25-30/h3-8,10,25H,11H2,1-2H3,(H,27,28,29,32). The first kappa shape index (κ1) is 21.4. The predicted molar refractivity (Wildman–Crippen MR) is 126 cm³/mol. The Labute approximate surface area is 196 Å². The van der Waals surface area contributed by atoms with Gasteiger partial charge >= 0.3 is 0 Å². The Kier molecular flexibility index (Phi) is 5.35. The number of carbonyl (C=O) groups excluding carboxylic acids is 1. The van der Waals surface area contributed by atoms with Crippen molar-refractivity contribution in [1.82, 2.24) is 24.6 Å². The van der Waals surface area contributed by atoms with E-state index in [-0.39, 0.29) is 28.4 Å². The fourth-order valence-electron chi connectivity index (χ4n) is 3.48. The number of thioether (sulfide) groups is 1. The van der Waals surface area contributed by atoms with Crippen molar-refractivity contribution < 1.29 is 9.21 Å². The summed E-state index contributed by atoms with van der Waals surface area (Å²) >= 11 is 1.24. The van der Waals surface area contributed by atoms with Gasteiger partial charge in [0, 0.05) is 29.1 Å². The first-order valence-corrected chi connectivity index (χ1v) is 11.2. The highest BCUT2D eigenvalue weighted by atomic mass is 32.2. The zero-order valence-corrected chi connectivity index (χ0v) is 18.9. The zero-order chi connectivity index (χ0) is 23.8. The molecule has 4 heterocycles. The van der Waals surface area contributed by atoms with Crippen molar-refractivity contribution in [1.29, 1.82) is 5.26 Å². The van der Waals surface area contributed by atoms with Crippen LogP contribution in [0.25, 0.3) is 16.7 Å². The molecule has 0 saturated heterocycles. The number of anilines is 1. The quantitative estimate of drug-likeness (QED) is 0.292. The van der Waals surface area contributed by atoms with Crippen LogP contribution >= 0.6 is 11.8 Å². The average molecular weight is 472 g/mol. The van der Waals surface area contributed by atoms with Gasteiger partial charge < -0.3 is 9.73 Å². The lowest BCUT2D eigenvalue weighted by atomic mass is 10.2. The Morgan fingerprint density at radius 1 is 1.24 bits per heavy atom. The molecule has 5 aromatic rings. The number of aryl methyl sites for hydroxylation is 2. The van der Waals surface area contributed by atoms with E-state index in [4.69, 9.17) is 4.42 Å². The molecule has 0 aliphatic heterocycles. The molecule has 0 fully saturated rings. The second kappa shape index (κ2) is 8.49. The maximum absolute atomic E-state index is 12.8. The normalized spacial score (nSPS) is 11.1. The van der Waals surface area contributed by atoms with E-state index in [2.05, 4.69) is 25.4 Å². The minimum Gasteiger partial charge on any atom is -0.443 e. The molecule has 0 radical (unpaired) electrons. The number of amides is 1. The maximum Gasteiger partial charge on any atom is 0.272 e. The summed E-state index contributed by atoms with van der Waals surface area (Å²) in [7, 11) is 0. The van der Waals surface area contributed by atoms with Gasteiger partial charge in [-0.05, 0) is 26.0 Å². The Balaban J connectivity index is 1.48. The number of H-pyrrole nitrogens is 1. The van der Waals surface area contributed by atoms with E-state index in [0.29, 0.717) is 39.1 Å². The molecule has 1 amide bonds. The minimum absolute atomic E-state index is 0.259. The molecule has 4 aromatic heterocycles. The predicted octanol–water partition coefficient (Wildman–Crippen LogP) is 3.59. The van der Waals surface area contributed by atoms with Crippen LogP contribution in [0.1, 0.15) is 32.9 Å². The van der Waals surface area contributed by atoms with Gasteiger partial charge in [0.2, 0.25) is 5.71 Å². The van der Waals surface area contributed by atoms with E-state index < -0.39 is 0 Å². The number of nitriles is 1. The van der Waals surface area contributed by atoms with Crippen molar-refractivity contribution in [3.63, 3.8) is 0 Å². The molecular formula is C23H17N7O3S. The van der Waals surface area contributed by atoms with Gasteiger partial charge in [0.15, 0.2) is 10.8 Å². The Bertz CT molecular complexity index is 1660. The summed E-state index contributed by atoms with van der Waals surface area (Å²) in [5, 5.41) is 15.8. The number of aromatic amines is 1. The molecule has 34 heavy (non-hydrogen) atoms. The van der Waals surface area contributed by atoms with Crippen LogP contribution in [0.2, 0.25) is 0 Å². The molecule has 0 bridgehead atoms. The van der Waals surface area contributed by atoms with Crippen LogP contribution in [0.3, 0.4) is 0 Å². The van der Waals surface area contributed by atoms with Gasteiger partial charge in [-0.2, -0.15) is 10.2 Å². The van der Waals surface area contributed by atoms with E-state index in [9.17, 15) is 14.9 Å². The third-order valence-electron chi connectivity index (χ3n) is 5.30. The van der Waals surface area contributed by atoms with Crippen molar-refractivity contribution in [3.05, 3.63) is 81.1 Å². The molecule has 2 N–H and O–H groups in total. The number of hydrogen-bond acceptors (Lipinski definition) is 8. The number of benzene rings is 1. The summed E-state index contributed by atoms with van der Waals surface area (Å²) < 4.78 is 7.00. The fraction of sp³-hybridized carbons (Fsp3) is 0.130. The molecule has 0 spiro atoms. The number of rotatable bonds is 5. The molecule has 11 heteroatoms. The molecular weight excluding hydrogens is 454 g/mol. The summed E-state index contributed by atoms with van der Waals surface area (Å²) in [6, 6.07) is 12.2. The van der Waals surface area contributed by atoms with Gasteiger partial charge in [-0.1, -0.05) is 30.0 Å². The van der Waals surface area contributed by atoms with Crippen LogP contribution < -0.4 is 10.9 Å². The molecule has 0 aliphatic rings. The van der Waals surface area contributed by atoms with E-state index in [1.165, 1.54) is 28.5 Å². The summed E-state index contributed by atoms with van der Waals surface area (Å²) in [4.78, 5) is 38.6. The lowest BCUT2D eigenvalue weighted by molar-refractivity contribution is 0.102. The minimum atomic E-state index is -0.327. The summed E-state index contributed by atoms with van der Waals surface area (Å²) in [6.45, 7) is 3.70. The smallest absolute Gasteiger partial charge is 0.272 e. The monoisotopic (exact) mass is 471 g/mol. The van der Waals surface area contributed by atoms with Crippen LogP contribution in [0.15, 0.2) is 57.0 Å². The SMILES string of the molecule is Cc1oc2nc(SCc3cc(=O)n4[nH]cc(C#N)c4n3)nc(NC(=O)c3ccccc3)c2c1C. The van der Waals surface area contributed by atoms with Crippen molar-refractivity contribution >= 4 is 40.2 Å². The molecule has 0 atom stereocenters. The zero-order valence-electron chi connectivity index (χ0n) is 18.1. The molecule has 0 aliphatic carbocycles. The van der Waals surface area contributed by atoms with E-state index >= 15 is 0 Å². The highest BCUT2D eigenvalue weighted by molar-refractivity contribution is 7.98. The second-order valence-electron chi connectivity index (χ2n) is 7.47. The van der Waals surface area contributed by atoms with E-state index in [0.717, 1.165) is 5.56 Å². The largest absolute Gasteiger partial charge is 0.443 e. The summed E-state index contributed by atoms with van der Waals surface area (Å²) in [6.07, 6.45) is 1.43. The fourth-order valence-corrected chi connectivity index (χ4v) is 4.21. The third-order valence-corrected chi connectivity index (χ3v) is 6.18. The number of fused-ring (bicyclic) bond motifs is 2. The Hall–Kier alpha value is -4.43. The van der Waals surface area contributed by atoms with Gasteiger partial charge in [0.05, 0.1) is 11.1 Å². The number of hydrogen-bond donors (Lipinski definition) is 2. The first-order chi connectivity index (χ1) is 16.4. The number of nitrogens with zero attached hydrogens (tertiary/aromatic N) is 5. The van der Waals surface area contributed by atoms with Crippen molar-refractivity contribution in [3.8, 4) is 6.07 Å². The average Bonchev–Trinajstić information content (AvgIpc) is 3.38. The first-order valence-electron chi connectivity index (χ1n) is 10.2. The van der Waals surface area contributed by atoms with E-state index in [1.54, 1.807) is 24.3 Å². The number of carbonyl (C=O) groups is 1. The van der Waals surface area contributed by atoms with Crippen LogP contribution in [-0.4, -0.2) is 30.5 Å². The Morgan fingerprint density at radius 3 is 2.79 bits per heavy atom. The molecule has 0 saturated carbocycles. The van der Waals surface area contributed by atoms with Crippen LogP contribution in [0.4, 0.5) is 5.82 Å². The highest BCUT2D eigenvalue weighted by Crippen LogP contribution is 2.32. The van der Waals surface area contributed by atoms with Gasteiger partial charge in [0.1, 0.15) is 23.2 Å². The van der Waals surface area contributed by atoms with Crippen LogP contribution in [0.5, 0.6) is 0 Å². The molecule has 168 valence electrons. The lowest BCUT2D eigenvalue weighted by Gasteiger charge is -2.08. The molecule has 1 aromatic carbocycles. The van der Waals surface area contributed by atoms with Gasteiger partial charge in [0.25, 0.3) is 11.5 Å². The van der Waals surface area contributed by atoms with Crippen molar-refractivity contribution in [2.24, 2.45) is 0 Å². The topological polar surface area (TPSA) is 142 Å². The molecule has 5 rings (SSSR count). The van der Waals surface area contributed by atoms with Gasteiger partial charge in [-0.3, -0.25) is 14.7 Å². The van der Waals surface area contributed by atoms with Crippen molar-refractivity contribution in [2.75, 3.05) is 5.32 Å². The molecule has 0 unspecified atom stereocenters. The van der Waals surface area contributed by atoms with Gasteiger partial charge in [-0.25, -0.2) is 14.5 Å². The number of aromatic nitrogens is 5.